The minimum Gasteiger partial charge on any atom is -0.378 e. The molecule has 0 spiro atoms. The molecule has 0 amide bonds. The zero-order valence-electron chi connectivity index (χ0n) is 12.3. The van der Waals surface area contributed by atoms with Crippen molar-refractivity contribution < 1.29 is 4.74 Å². The van der Waals surface area contributed by atoms with Crippen molar-refractivity contribution in [3.05, 3.63) is 0 Å². The van der Waals surface area contributed by atoms with E-state index in [2.05, 4.69) is 31.1 Å². The summed E-state index contributed by atoms with van der Waals surface area (Å²) in [5.41, 5.74) is 0. The van der Waals surface area contributed by atoms with Gasteiger partial charge in [0.25, 0.3) is 0 Å². The molecule has 2 rings (SSSR count). The van der Waals surface area contributed by atoms with Crippen molar-refractivity contribution in [3.8, 4) is 0 Å². The molecule has 2 fully saturated rings. The van der Waals surface area contributed by atoms with Gasteiger partial charge in [0.2, 0.25) is 0 Å². The van der Waals surface area contributed by atoms with E-state index in [0.29, 0.717) is 12.0 Å². The molecule has 1 N–H and O–H groups in total. The van der Waals surface area contributed by atoms with Gasteiger partial charge in [0, 0.05) is 25.2 Å². The normalized spacial score (nSPS) is 35.0. The van der Waals surface area contributed by atoms with Gasteiger partial charge in [-0.05, 0) is 45.2 Å². The SMILES string of the molecule is CNCC1CCCCN1C1CCOC(C(C)C)C1. The Hall–Kier alpha value is -0.120. The molecular weight excluding hydrogens is 224 g/mol. The maximum atomic E-state index is 5.91. The lowest BCUT2D eigenvalue weighted by Crippen LogP contribution is -2.53. The Morgan fingerprint density at radius 3 is 2.83 bits per heavy atom. The van der Waals surface area contributed by atoms with Crippen molar-refractivity contribution in [1.29, 1.82) is 0 Å². The van der Waals surface area contributed by atoms with Crippen LogP contribution in [0.1, 0.15) is 46.0 Å². The van der Waals surface area contributed by atoms with Gasteiger partial charge in [-0.3, -0.25) is 4.90 Å². The number of likely N-dealkylation sites (N-methyl/N-ethyl adjacent to an activating group) is 1. The fourth-order valence-corrected chi connectivity index (χ4v) is 3.53. The van der Waals surface area contributed by atoms with Gasteiger partial charge >= 0.3 is 0 Å². The van der Waals surface area contributed by atoms with E-state index in [9.17, 15) is 0 Å². The topological polar surface area (TPSA) is 24.5 Å². The maximum absolute atomic E-state index is 5.91. The summed E-state index contributed by atoms with van der Waals surface area (Å²) in [6, 6.07) is 1.50. The van der Waals surface area contributed by atoms with Crippen molar-refractivity contribution in [2.75, 3.05) is 26.7 Å². The second-order valence-electron chi connectivity index (χ2n) is 6.28. The van der Waals surface area contributed by atoms with E-state index in [1.165, 1.54) is 38.6 Å². The summed E-state index contributed by atoms with van der Waals surface area (Å²) in [7, 11) is 2.08. The Morgan fingerprint density at radius 2 is 2.11 bits per heavy atom. The van der Waals surface area contributed by atoms with Crippen LogP contribution in [0.25, 0.3) is 0 Å². The highest BCUT2D eigenvalue weighted by molar-refractivity contribution is 4.88. The lowest BCUT2D eigenvalue weighted by Gasteiger charge is -2.45. The third kappa shape index (κ3) is 3.46. The number of hydrogen-bond acceptors (Lipinski definition) is 3. The lowest BCUT2D eigenvalue weighted by atomic mass is 9.91. The first-order chi connectivity index (χ1) is 8.72. The molecule has 0 aromatic carbocycles. The second-order valence-corrected chi connectivity index (χ2v) is 6.28. The molecule has 2 heterocycles. The molecule has 3 nitrogen and oxygen atoms in total. The van der Waals surface area contributed by atoms with Crippen LogP contribution in [0.4, 0.5) is 0 Å². The minimum atomic E-state index is 0.473. The quantitative estimate of drug-likeness (QED) is 0.833. The molecule has 0 radical (unpaired) electrons. The van der Waals surface area contributed by atoms with Gasteiger partial charge in [0.1, 0.15) is 0 Å². The van der Waals surface area contributed by atoms with Crippen LogP contribution >= 0.6 is 0 Å². The standard InChI is InChI=1S/C15H30N2O/c1-12(2)15-10-13(7-9-18-15)17-8-5-4-6-14(17)11-16-3/h12-16H,4-11H2,1-3H3. The number of hydrogen-bond donors (Lipinski definition) is 1. The van der Waals surface area contributed by atoms with E-state index in [4.69, 9.17) is 4.74 Å². The number of piperidine rings is 1. The fraction of sp³-hybridized carbons (Fsp3) is 1.00. The van der Waals surface area contributed by atoms with Crippen molar-refractivity contribution in [1.82, 2.24) is 10.2 Å². The summed E-state index contributed by atoms with van der Waals surface area (Å²) < 4.78 is 5.91. The van der Waals surface area contributed by atoms with Crippen LogP contribution in [0.3, 0.4) is 0 Å². The Labute approximate surface area is 112 Å². The zero-order valence-corrected chi connectivity index (χ0v) is 12.3. The lowest BCUT2D eigenvalue weighted by molar-refractivity contribution is -0.0609. The molecule has 0 aromatic rings. The first-order valence-corrected chi connectivity index (χ1v) is 7.74. The number of likely N-dealkylation sites (tertiary alicyclic amines) is 1. The van der Waals surface area contributed by atoms with Crippen molar-refractivity contribution in [2.45, 2.75) is 64.1 Å². The van der Waals surface area contributed by atoms with Gasteiger partial charge in [-0.1, -0.05) is 20.3 Å². The van der Waals surface area contributed by atoms with E-state index < -0.39 is 0 Å². The Kier molecular flexibility index (Phi) is 5.46. The van der Waals surface area contributed by atoms with E-state index in [1.54, 1.807) is 0 Å². The summed E-state index contributed by atoms with van der Waals surface area (Å²) in [5, 5.41) is 3.37. The third-order valence-electron chi connectivity index (χ3n) is 4.61. The second kappa shape index (κ2) is 6.88. The van der Waals surface area contributed by atoms with E-state index in [1.807, 2.05) is 0 Å². The Bertz CT molecular complexity index is 243. The highest BCUT2D eigenvalue weighted by Gasteiger charge is 2.33. The number of nitrogens with zero attached hydrogens (tertiary/aromatic N) is 1. The molecule has 3 heteroatoms. The van der Waals surface area contributed by atoms with Crippen molar-refractivity contribution in [3.63, 3.8) is 0 Å². The zero-order chi connectivity index (χ0) is 13.0. The van der Waals surface area contributed by atoms with Gasteiger partial charge < -0.3 is 10.1 Å². The minimum absolute atomic E-state index is 0.473. The monoisotopic (exact) mass is 254 g/mol. The molecular formula is C15H30N2O. The molecule has 2 aliphatic heterocycles. The molecule has 3 unspecified atom stereocenters. The van der Waals surface area contributed by atoms with Gasteiger partial charge in [-0.2, -0.15) is 0 Å². The average Bonchev–Trinajstić information content (AvgIpc) is 2.40. The average molecular weight is 254 g/mol. The first kappa shape index (κ1) is 14.3. The van der Waals surface area contributed by atoms with Gasteiger partial charge in [-0.15, -0.1) is 0 Å². The highest BCUT2D eigenvalue weighted by Crippen LogP contribution is 2.28. The Morgan fingerprint density at radius 1 is 1.28 bits per heavy atom. The van der Waals surface area contributed by atoms with Crippen molar-refractivity contribution in [2.24, 2.45) is 5.92 Å². The first-order valence-electron chi connectivity index (χ1n) is 7.74. The van der Waals surface area contributed by atoms with Crippen LogP contribution in [-0.2, 0) is 4.74 Å². The van der Waals surface area contributed by atoms with E-state index >= 15 is 0 Å². The number of rotatable bonds is 4. The van der Waals surface area contributed by atoms with Gasteiger partial charge in [-0.25, -0.2) is 0 Å². The molecule has 0 saturated carbocycles. The number of nitrogens with one attached hydrogen (secondary N) is 1. The van der Waals surface area contributed by atoms with Gasteiger partial charge in [0.05, 0.1) is 6.10 Å². The van der Waals surface area contributed by atoms with Crippen LogP contribution in [0.5, 0.6) is 0 Å². The van der Waals surface area contributed by atoms with Gasteiger partial charge in [0.15, 0.2) is 0 Å². The molecule has 2 aliphatic rings. The largest absolute Gasteiger partial charge is 0.378 e. The van der Waals surface area contributed by atoms with Crippen LogP contribution in [0, 0.1) is 5.92 Å². The van der Waals surface area contributed by atoms with Crippen LogP contribution < -0.4 is 5.32 Å². The highest BCUT2D eigenvalue weighted by atomic mass is 16.5. The summed E-state index contributed by atoms with van der Waals surface area (Å²) in [6.45, 7) is 7.96. The molecule has 0 aromatic heterocycles. The summed E-state index contributed by atoms with van der Waals surface area (Å²) >= 11 is 0. The predicted octanol–water partition coefficient (Wildman–Crippen LogP) is 2.26. The molecule has 106 valence electrons. The maximum Gasteiger partial charge on any atom is 0.0612 e. The Balaban J connectivity index is 1.95. The molecule has 3 atom stereocenters. The summed E-state index contributed by atoms with van der Waals surface area (Å²) in [5.74, 6) is 0.653. The summed E-state index contributed by atoms with van der Waals surface area (Å²) in [4.78, 5) is 2.78. The molecule has 0 bridgehead atoms. The predicted molar refractivity (Wildman–Crippen MR) is 75.9 cm³/mol. The summed E-state index contributed by atoms with van der Waals surface area (Å²) in [6.07, 6.45) is 7.08. The fourth-order valence-electron chi connectivity index (χ4n) is 3.53. The molecule has 18 heavy (non-hydrogen) atoms. The molecule has 0 aliphatic carbocycles. The smallest absolute Gasteiger partial charge is 0.0612 e. The van der Waals surface area contributed by atoms with Crippen LogP contribution in [0.2, 0.25) is 0 Å². The molecule has 2 saturated heterocycles. The number of ether oxygens (including phenoxy) is 1. The van der Waals surface area contributed by atoms with E-state index in [-0.39, 0.29) is 0 Å². The third-order valence-corrected chi connectivity index (χ3v) is 4.61. The van der Waals surface area contributed by atoms with Crippen LogP contribution in [-0.4, -0.2) is 49.8 Å². The van der Waals surface area contributed by atoms with E-state index in [0.717, 1.165) is 25.2 Å². The van der Waals surface area contributed by atoms with Crippen LogP contribution in [0.15, 0.2) is 0 Å². The van der Waals surface area contributed by atoms with Crippen molar-refractivity contribution >= 4 is 0 Å².